The smallest absolute Gasteiger partial charge is 0.257 e. The third-order valence-electron chi connectivity index (χ3n) is 3.24. The van der Waals surface area contributed by atoms with Crippen molar-refractivity contribution in [1.82, 2.24) is 5.43 Å². The Hall–Kier alpha value is -2.21. The maximum atomic E-state index is 11.2. The molecule has 2 aromatic carbocycles. The van der Waals surface area contributed by atoms with E-state index in [0.29, 0.717) is 28.2 Å². The van der Waals surface area contributed by atoms with Crippen LogP contribution in [-0.4, -0.2) is 12.5 Å². The molecule has 0 atom stereocenters. The van der Waals surface area contributed by atoms with E-state index in [0.717, 1.165) is 11.1 Å². The molecule has 0 aliphatic carbocycles. The maximum absolute atomic E-state index is 11.2. The van der Waals surface area contributed by atoms with Crippen LogP contribution in [0.4, 0.5) is 0 Å². The van der Waals surface area contributed by atoms with Crippen LogP contribution in [0, 0.1) is 0 Å². The van der Waals surface area contributed by atoms with E-state index in [1.54, 1.807) is 30.3 Å². The minimum absolute atomic E-state index is 0.279. The maximum Gasteiger partial charge on any atom is 0.257 e. The molecule has 3 N–H and O–H groups in total. The van der Waals surface area contributed by atoms with Gasteiger partial charge in [-0.3, -0.25) is 10.2 Å². The molecule has 0 spiro atoms. The van der Waals surface area contributed by atoms with Crippen molar-refractivity contribution in [3.8, 4) is 11.5 Å². The molecule has 1 amide bonds. The minimum Gasteiger partial charge on any atom is -0.490 e. The molecule has 7 heteroatoms. The zero-order chi connectivity index (χ0) is 18.2. The Kier molecular flexibility index (Phi) is 7.13. The number of benzene rings is 2. The van der Waals surface area contributed by atoms with E-state index >= 15 is 0 Å². The highest BCUT2D eigenvalue weighted by atomic mass is 35.5. The van der Waals surface area contributed by atoms with Crippen LogP contribution in [0.5, 0.6) is 11.5 Å². The number of hydrogen-bond acceptors (Lipinski definition) is 4. The van der Waals surface area contributed by atoms with Crippen molar-refractivity contribution >= 4 is 35.2 Å². The van der Waals surface area contributed by atoms with Crippen molar-refractivity contribution in [2.75, 3.05) is 6.61 Å². The van der Waals surface area contributed by atoms with Gasteiger partial charge in [0.1, 0.15) is 6.61 Å². The lowest BCUT2D eigenvalue weighted by Crippen LogP contribution is -2.27. The number of hydrazine groups is 1. The largest absolute Gasteiger partial charge is 0.490 e. The highest BCUT2D eigenvalue weighted by Gasteiger charge is 2.08. The number of carbonyl (C=O) groups excluding carboxylic acids is 1. The fourth-order valence-corrected chi connectivity index (χ4v) is 2.49. The summed E-state index contributed by atoms with van der Waals surface area (Å²) in [6, 6.07) is 10.6. The Bertz CT molecular complexity index is 779. The first-order valence-electron chi connectivity index (χ1n) is 7.55. The van der Waals surface area contributed by atoms with E-state index in [-0.39, 0.29) is 6.61 Å². The lowest BCUT2D eigenvalue weighted by atomic mass is 10.2. The number of rotatable bonds is 7. The predicted molar refractivity (Wildman–Crippen MR) is 99.8 cm³/mol. The van der Waals surface area contributed by atoms with Crippen LogP contribution in [0.3, 0.4) is 0 Å². The van der Waals surface area contributed by atoms with Crippen LogP contribution in [0.25, 0.3) is 6.08 Å². The van der Waals surface area contributed by atoms with Crippen LogP contribution in [0.2, 0.25) is 10.0 Å². The second-order valence-electron chi connectivity index (χ2n) is 5.01. The van der Waals surface area contributed by atoms with Gasteiger partial charge in [0.25, 0.3) is 5.91 Å². The van der Waals surface area contributed by atoms with Crippen molar-refractivity contribution in [3.63, 3.8) is 0 Å². The van der Waals surface area contributed by atoms with Crippen molar-refractivity contribution in [3.05, 3.63) is 63.6 Å². The van der Waals surface area contributed by atoms with Gasteiger partial charge in [0, 0.05) is 21.7 Å². The molecule has 0 unspecified atom stereocenters. The fraction of sp³-hybridized carbons (Fsp3) is 0.167. The summed E-state index contributed by atoms with van der Waals surface area (Å²) in [7, 11) is 0. The van der Waals surface area contributed by atoms with E-state index in [2.05, 4.69) is 0 Å². The molecule has 25 heavy (non-hydrogen) atoms. The second kappa shape index (κ2) is 9.32. The lowest BCUT2D eigenvalue weighted by Gasteiger charge is -2.13. The molecule has 132 valence electrons. The zero-order valence-electron chi connectivity index (χ0n) is 13.6. The van der Waals surface area contributed by atoms with Crippen molar-refractivity contribution in [2.45, 2.75) is 13.5 Å². The standard InChI is InChI=1S/C18H18Cl2N2O3/c1-2-24-17-9-12(4-8-18(23)22-21)3-7-16(17)25-11-13-5-6-14(19)10-15(13)20/h3-10H,2,11,21H2,1H3,(H,22,23)/b8-4+. The number of ether oxygens (including phenoxy) is 2. The monoisotopic (exact) mass is 380 g/mol. The van der Waals surface area contributed by atoms with Crippen LogP contribution in [0.1, 0.15) is 18.1 Å². The van der Waals surface area contributed by atoms with Gasteiger partial charge in [0.2, 0.25) is 0 Å². The van der Waals surface area contributed by atoms with Crippen LogP contribution < -0.4 is 20.7 Å². The van der Waals surface area contributed by atoms with Gasteiger partial charge in [0.05, 0.1) is 6.61 Å². The van der Waals surface area contributed by atoms with Gasteiger partial charge in [-0.25, -0.2) is 5.84 Å². The molecule has 5 nitrogen and oxygen atoms in total. The van der Waals surface area contributed by atoms with Gasteiger partial charge >= 0.3 is 0 Å². The normalized spacial score (nSPS) is 10.7. The highest BCUT2D eigenvalue weighted by Crippen LogP contribution is 2.31. The quantitative estimate of drug-likeness (QED) is 0.329. The number of nitrogens with one attached hydrogen (secondary N) is 1. The molecule has 0 radical (unpaired) electrons. The Morgan fingerprint density at radius 3 is 2.64 bits per heavy atom. The predicted octanol–water partition coefficient (Wildman–Crippen LogP) is 3.97. The lowest BCUT2D eigenvalue weighted by molar-refractivity contribution is -0.116. The summed E-state index contributed by atoms with van der Waals surface area (Å²) in [5.41, 5.74) is 3.63. The highest BCUT2D eigenvalue weighted by molar-refractivity contribution is 6.35. The zero-order valence-corrected chi connectivity index (χ0v) is 15.1. The van der Waals surface area contributed by atoms with Gasteiger partial charge < -0.3 is 9.47 Å². The summed E-state index contributed by atoms with van der Waals surface area (Å²) < 4.78 is 11.4. The summed E-state index contributed by atoms with van der Waals surface area (Å²) in [4.78, 5) is 11.2. The third kappa shape index (κ3) is 5.67. The average Bonchev–Trinajstić information content (AvgIpc) is 2.60. The fourth-order valence-electron chi connectivity index (χ4n) is 2.03. The summed E-state index contributed by atoms with van der Waals surface area (Å²) in [6.07, 6.45) is 2.96. The van der Waals surface area contributed by atoms with Gasteiger partial charge in [-0.2, -0.15) is 0 Å². The molecule has 2 aromatic rings. The Labute approximate surface area is 156 Å². The minimum atomic E-state index is -0.393. The second-order valence-corrected chi connectivity index (χ2v) is 5.85. The van der Waals surface area contributed by atoms with Gasteiger partial charge in [-0.1, -0.05) is 35.3 Å². The van der Waals surface area contributed by atoms with Crippen LogP contribution >= 0.6 is 23.2 Å². The number of hydrogen-bond donors (Lipinski definition) is 2. The SMILES string of the molecule is CCOc1cc(/C=C/C(=O)NN)ccc1OCc1ccc(Cl)cc1Cl. The Morgan fingerprint density at radius 2 is 1.96 bits per heavy atom. The molecule has 0 fully saturated rings. The summed E-state index contributed by atoms with van der Waals surface area (Å²) >= 11 is 12.0. The molecule has 2 rings (SSSR count). The van der Waals surface area contributed by atoms with E-state index in [1.807, 2.05) is 24.5 Å². The first-order valence-corrected chi connectivity index (χ1v) is 8.31. The van der Waals surface area contributed by atoms with E-state index < -0.39 is 5.91 Å². The summed E-state index contributed by atoms with van der Waals surface area (Å²) in [5.74, 6) is 5.80. The van der Waals surface area contributed by atoms with Crippen molar-refractivity contribution in [1.29, 1.82) is 0 Å². The molecule has 0 aliphatic heterocycles. The molecule has 0 aliphatic rings. The van der Waals surface area contributed by atoms with Crippen LogP contribution in [-0.2, 0) is 11.4 Å². The van der Waals surface area contributed by atoms with Crippen LogP contribution in [0.15, 0.2) is 42.5 Å². The topological polar surface area (TPSA) is 73.6 Å². The Balaban J connectivity index is 2.16. The van der Waals surface area contributed by atoms with Gasteiger partial charge in [-0.05, 0) is 42.8 Å². The molecule has 0 heterocycles. The molecule has 0 saturated heterocycles. The molecule has 0 aromatic heterocycles. The molecule has 0 saturated carbocycles. The van der Waals surface area contributed by atoms with Crippen molar-refractivity contribution in [2.24, 2.45) is 5.84 Å². The number of halogens is 2. The van der Waals surface area contributed by atoms with Crippen molar-refractivity contribution < 1.29 is 14.3 Å². The number of nitrogens with two attached hydrogens (primary N) is 1. The van der Waals surface area contributed by atoms with E-state index in [1.165, 1.54) is 6.08 Å². The summed E-state index contributed by atoms with van der Waals surface area (Å²) in [5, 5.41) is 1.11. The van der Waals surface area contributed by atoms with Gasteiger partial charge in [-0.15, -0.1) is 0 Å². The third-order valence-corrected chi connectivity index (χ3v) is 3.82. The first-order chi connectivity index (χ1) is 12.0. The Morgan fingerprint density at radius 1 is 1.16 bits per heavy atom. The molecule has 0 bridgehead atoms. The molecular formula is C18H18Cl2N2O3. The van der Waals surface area contributed by atoms with Gasteiger partial charge in [0.15, 0.2) is 11.5 Å². The average molecular weight is 381 g/mol. The summed E-state index contributed by atoms with van der Waals surface area (Å²) in [6.45, 7) is 2.64. The van der Waals surface area contributed by atoms with E-state index in [9.17, 15) is 4.79 Å². The first kappa shape index (κ1) is 19.1. The molecular weight excluding hydrogens is 363 g/mol. The van der Waals surface area contributed by atoms with E-state index in [4.69, 9.17) is 38.5 Å². The number of amides is 1. The number of carbonyl (C=O) groups is 1.